The quantitative estimate of drug-likeness (QED) is 0.367. The first kappa shape index (κ1) is 24.7. The molecule has 0 spiro atoms. The lowest BCUT2D eigenvalue weighted by Gasteiger charge is -2.26. The minimum atomic E-state index is -0.564. The zero-order chi connectivity index (χ0) is 24.1. The summed E-state index contributed by atoms with van der Waals surface area (Å²) in [4.78, 5) is 2.30. The monoisotopic (exact) mass is 483 g/mol. The van der Waals surface area contributed by atoms with E-state index >= 15 is 0 Å². The van der Waals surface area contributed by atoms with Gasteiger partial charge >= 0.3 is 0 Å². The first-order valence-electron chi connectivity index (χ1n) is 12.0. The highest BCUT2D eigenvalue weighted by molar-refractivity contribution is 6.32. The summed E-state index contributed by atoms with van der Waals surface area (Å²) in [5.74, 6) is 1.91. The third-order valence-corrected chi connectivity index (χ3v) is 6.18. The number of aliphatic hydroxyl groups is 1. The number of benzene rings is 2. The van der Waals surface area contributed by atoms with Crippen molar-refractivity contribution in [3.8, 4) is 22.9 Å². The maximum absolute atomic E-state index is 10.7. The van der Waals surface area contributed by atoms with Crippen LogP contribution in [-0.2, 0) is 18.3 Å². The van der Waals surface area contributed by atoms with E-state index in [0.29, 0.717) is 42.3 Å². The highest BCUT2D eigenvalue weighted by atomic mass is 35.5. The molecule has 0 radical (unpaired) electrons. The Labute approximate surface area is 207 Å². The third kappa shape index (κ3) is 6.60. The second-order valence-corrected chi connectivity index (χ2v) is 9.73. The Hall–Kier alpha value is -2.38. The van der Waals surface area contributed by atoms with Gasteiger partial charge in [-0.3, -0.25) is 4.90 Å². The average molecular weight is 484 g/mol. The van der Waals surface area contributed by atoms with Crippen molar-refractivity contribution in [3.05, 3.63) is 65.2 Å². The molecule has 1 fully saturated rings. The van der Waals surface area contributed by atoms with E-state index in [0.717, 1.165) is 23.4 Å². The van der Waals surface area contributed by atoms with Crippen molar-refractivity contribution in [3.63, 3.8) is 0 Å². The van der Waals surface area contributed by atoms with Crippen molar-refractivity contribution in [1.82, 2.24) is 14.7 Å². The maximum atomic E-state index is 10.7. The van der Waals surface area contributed by atoms with Crippen LogP contribution >= 0.6 is 11.6 Å². The number of aromatic nitrogens is 2. The smallest absolute Gasteiger partial charge is 0.222 e. The van der Waals surface area contributed by atoms with Gasteiger partial charge < -0.3 is 14.6 Å². The number of hydrogen-bond donors (Lipinski definition) is 1. The van der Waals surface area contributed by atoms with E-state index in [1.165, 1.54) is 12.8 Å². The Morgan fingerprint density at radius 1 is 1.12 bits per heavy atom. The summed E-state index contributed by atoms with van der Waals surface area (Å²) in [6.45, 7) is 6.34. The molecule has 6 nitrogen and oxygen atoms in total. The number of ether oxygens (including phenoxy) is 2. The molecule has 0 aliphatic heterocycles. The average Bonchev–Trinajstić information content (AvgIpc) is 3.58. The molecule has 182 valence electrons. The first-order chi connectivity index (χ1) is 16.4. The molecule has 1 aromatic heterocycles. The molecule has 1 atom stereocenters. The van der Waals surface area contributed by atoms with Gasteiger partial charge in [0.2, 0.25) is 5.88 Å². The number of aliphatic hydroxyl groups excluding tert-OH is 1. The summed E-state index contributed by atoms with van der Waals surface area (Å²) in [7, 11) is 1.89. The van der Waals surface area contributed by atoms with Crippen molar-refractivity contribution in [1.29, 1.82) is 0 Å². The van der Waals surface area contributed by atoms with Crippen LogP contribution in [0.2, 0.25) is 5.02 Å². The lowest BCUT2D eigenvalue weighted by molar-refractivity contribution is -0.0101. The second kappa shape index (κ2) is 11.4. The topological polar surface area (TPSA) is 59.8 Å². The van der Waals surface area contributed by atoms with Crippen molar-refractivity contribution in [2.45, 2.75) is 45.4 Å². The fourth-order valence-electron chi connectivity index (χ4n) is 4.03. The SMILES string of the molecule is CC(C)OCC(O)CN(Cc1c(-c2ccccc2)nn(C)c1Oc1ccccc1Cl)CC1CC1. The molecule has 0 saturated heterocycles. The summed E-state index contributed by atoms with van der Waals surface area (Å²) < 4.78 is 13.8. The van der Waals surface area contributed by atoms with Gasteiger partial charge in [0, 0.05) is 32.2 Å². The third-order valence-electron chi connectivity index (χ3n) is 5.86. The lowest BCUT2D eigenvalue weighted by Crippen LogP contribution is -2.36. The summed E-state index contributed by atoms with van der Waals surface area (Å²) in [6, 6.07) is 17.6. The minimum absolute atomic E-state index is 0.0881. The Morgan fingerprint density at radius 3 is 2.50 bits per heavy atom. The molecule has 7 heteroatoms. The summed E-state index contributed by atoms with van der Waals surface area (Å²) >= 11 is 6.40. The number of nitrogens with zero attached hydrogens (tertiary/aromatic N) is 3. The Kier molecular flexibility index (Phi) is 8.27. The highest BCUT2D eigenvalue weighted by Gasteiger charge is 2.29. The molecular weight excluding hydrogens is 450 g/mol. The van der Waals surface area contributed by atoms with Crippen LogP contribution in [0.1, 0.15) is 32.3 Å². The predicted octanol–water partition coefficient (Wildman–Crippen LogP) is 5.53. The van der Waals surface area contributed by atoms with Gasteiger partial charge in [0.15, 0.2) is 0 Å². The molecular formula is C27H34ClN3O3. The van der Waals surface area contributed by atoms with Gasteiger partial charge in [0.05, 0.1) is 29.4 Å². The van der Waals surface area contributed by atoms with Crippen LogP contribution in [0.3, 0.4) is 0 Å². The van der Waals surface area contributed by atoms with Crippen molar-refractivity contribution in [2.24, 2.45) is 13.0 Å². The fourth-order valence-corrected chi connectivity index (χ4v) is 4.20. The normalized spacial score (nSPS) is 14.7. The number of halogens is 1. The Balaban J connectivity index is 1.65. The van der Waals surface area contributed by atoms with Gasteiger partial charge in [-0.25, -0.2) is 4.68 Å². The zero-order valence-corrected chi connectivity index (χ0v) is 20.9. The van der Waals surface area contributed by atoms with E-state index in [4.69, 9.17) is 26.2 Å². The standard InChI is InChI=1S/C27H34ClN3O3/c1-19(2)33-18-22(32)16-31(15-20-13-14-20)17-23-26(21-9-5-4-6-10-21)29-30(3)27(23)34-25-12-8-7-11-24(25)28/h4-12,19-20,22,32H,13-18H2,1-3H3. The molecule has 2 aromatic carbocycles. The van der Waals surface area contributed by atoms with Crippen LogP contribution in [0, 0.1) is 5.92 Å². The van der Waals surface area contributed by atoms with E-state index < -0.39 is 6.10 Å². The highest BCUT2D eigenvalue weighted by Crippen LogP contribution is 2.37. The van der Waals surface area contributed by atoms with Gasteiger partial charge in [0.1, 0.15) is 11.4 Å². The predicted molar refractivity (Wildman–Crippen MR) is 135 cm³/mol. The van der Waals surface area contributed by atoms with E-state index in [9.17, 15) is 5.11 Å². The van der Waals surface area contributed by atoms with Crippen molar-refractivity contribution >= 4 is 11.6 Å². The van der Waals surface area contributed by atoms with Crippen LogP contribution in [-0.4, -0.2) is 51.7 Å². The maximum Gasteiger partial charge on any atom is 0.222 e. The lowest BCUT2D eigenvalue weighted by atomic mass is 10.1. The summed E-state index contributed by atoms with van der Waals surface area (Å²) in [6.07, 6.45) is 1.99. The van der Waals surface area contributed by atoms with Gasteiger partial charge in [-0.05, 0) is 44.7 Å². The van der Waals surface area contributed by atoms with Crippen molar-refractivity contribution in [2.75, 3.05) is 19.7 Å². The number of aryl methyl sites for hydroxylation is 1. The van der Waals surface area contributed by atoms with E-state index in [1.54, 1.807) is 4.68 Å². The molecule has 0 bridgehead atoms. The first-order valence-corrected chi connectivity index (χ1v) is 12.3. The molecule has 1 heterocycles. The molecule has 3 aromatic rings. The van der Waals surface area contributed by atoms with Gasteiger partial charge in [-0.1, -0.05) is 54.1 Å². The molecule has 34 heavy (non-hydrogen) atoms. The number of rotatable bonds is 12. The molecule has 1 unspecified atom stereocenters. The molecule has 4 rings (SSSR count). The van der Waals surface area contributed by atoms with E-state index in [-0.39, 0.29) is 6.10 Å². The van der Waals surface area contributed by atoms with E-state index in [1.807, 2.05) is 63.4 Å². The molecule has 1 aliphatic rings. The Morgan fingerprint density at radius 2 is 1.82 bits per heavy atom. The van der Waals surface area contributed by atoms with Crippen LogP contribution in [0.25, 0.3) is 11.3 Å². The molecule has 1 N–H and O–H groups in total. The van der Waals surface area contributed by atoms with E-state index in [2.05, 4.69) is 17.0 Å². The number of hydrogen-bond acceptors (Lipinski definition) is 5. The second-order valence-electron chi connectivity index (χ2n) is 9.33. The van der Waals surface area contributed by atoms with Crippen LogP contribution < -0.4 is 4.74 Å². The van der Waals surface area contributed by atoms with Crippen LogP contribution in [0.4, 0.5) is 0 Å². The fraction of sp³-hybridized carbons (Fsp3) is 0.444. The minimum Gasteiger partial charge on any atom is -0.437 e. The summed E-state index contributed by atoms with van der Waals surface area (Å²) in [5, 5.41) is 16.1. The molecule has 0 amide bonds. The summed E-state index contributed by atoms with van der Waals surface area (Å²) in [5.41, 5.74) is 2.88. The van der Waals surface area contributed by atoms with Crippen molar-refractivity contribution < 1.29 is 14.6 Å². The molecule has 1 saturated carbocycles. The van der Waals surface area contributed by atoms with Gasteiger partial charge in [0.25, 0.3) is 0 Å². The molecule has 1 aliphatic carbocycles. The van der Waals surface area contributed by atoms with Gasteiger partial charge in [-0.15, -0.1) is 0 Å². The number of para-hydroxylation sites is 1. The van der Waals surface area contributed by atoms with Crippen LogP contribution in [0.5, 0.6) is 11.6 Å². The van der Waals surface area contributed by atoms with Crippen LogP contribution in [0.15, 0.2) is 54.6 Å². The van der Waals surface area contributed by atoms with Gasteiger partial charge in [-0.2, -0.15) is 5.10 Å². The zero-order valence-electron chi connectivity index (χ0n) is 20.2. The largest absolute Gasteiger partial charge is 0.437 e. The Bertz CT molecular complexity index is 1070.